The molecule has 1 aliphatic heterocycles. The maximum atomic E-state index is 13.0. The van der Waals surface area contributed by atoms with Crippen LogP contribution in [0.5, 0.6) is 5.75 Å². The van der Waals surface area contributed by atoms with E-state index < -0.39 is 6.04 Å². The van der Waals surface area contributed by atoms with Crippen LogP contribution in [0.25, 0.3) is 0 Å². The number of hydrogen-bond donors (Lipinski definition) is 4. The number of phenols is 1. The summed E-state index contributed by atoms with van der Waals surface area (Å²) in [6.45, 7) is 7.04. The molecule has 1 aliphatic rings. The molecule has 5 N–H and O–H groups in total. The second kappa shape index (κ2) is 9.67. The van der Waals surface area contributed by atoms with E-state index in [2.05, 4.69) is 61.7 Å². The zero-order valence-corrected chi connectivity index (χ0v) is 19.6. The predicted octanol–water partition coefficient (Wildman–Crippen LogP) is 4.45. The Morgan fingerprint density at radius 3 is 2.55 bits per heavy atom. The molecule has 2 atom stereocenters. The summed E-state index contributed by atoms with van der Waals surface area (Å²) in [5, 5.41) is 16.4. The van der Waals surface area contributed by atoms with Crippen LogP contribution in [0, 0.1) is 20.8 Å². The Morgan fingerprint density at radius 1 is 1.09 bits per heavy atom. The number of benzene rings is 3. The Hall–Kier alpha value is -3.31. The van der Waals surface area contributed by atoms with E-state index in [1.54, 1.807) is 12.1 Å². The van der Waals surface area contributed by atoms with Crippen molar-refractivity contribution in [2.24, 2.45) is 5.73 Å². The van der Waals surface area contributed by atoms with Gasteiger partial charge in [-0.1, -0.05) is 42.0 Å². The van der Waals surface area contributed by atoms with Crippen LogP contribution >= 0.6 is 0 Å². The molecular weight excluding hydrogens is 410 g/mol. The third kappa shape index (κ3) is 5.37. The van der Waals surface area contributed by atoms with Gasteiger partial charge < -0.3 is 21.5 Å². The summed E-state index contributed by atoms with van der Waals surface area (Å²) >= 11 is 0. The maximum absolute atomic E-state index is 13.0. The summed E-state index contributed by atoms with van der Waals surface area (Å²) in [5.41, 5.74) is 15.4. The zero-order chi connectivity index (χ0) is 23.5. The molecular formula is C28H33N3O2. The summed E-state index contributed by atoms with van der Waals surface area (Å²) in [4.78, 5) is 13.0. The number of phenolic OH excluding ortho intramolecular Hbond substituents is 1. The predicted molar refractivity (Wildman–Crippen MR) is 134 cm³/mol. The van der Waals surface area contributed by atoms with Crippen molar-refractivity contribution in [2.45, 2.75) is 52.1 Å². The number of aromatic hydroxyl groups is 1. The number of aryl methyl sites for hydroxylation is 3. The van der Waals surface area contributed by atoms with E-state index in [1.165, 1.54) is 16.7 Å². The summed E-state index contributed by atoms with van der Waals surface area (Å²) in [7, 11) is 0. The topological polar surface area (TPSA) is 87.4 Å². The Bertz CT molecular complexity index is 1150. The molecule has 0 radical (unpaired) electrons. The van der Waals surface area contributed by atoms with Crippen molar-refractivity contribution < 1.29 is 9.90 Å². The molecule has 5 heteroatoms. The minimum absolute atomic E-state index is 0.0795. The van der Waals surface area contributed by atoms with Crippen molar-refractivity contribution in [3.63, 3.8) is 0 Å². The fourth-order valence-electron chi connectivity index (χ4n) is 4.85. The van der Waals surface area contributed by atoms with Crippen LogP contribution in [-0.2, 0) is 17.6 Å². The standard InChI is InChI=1S/C28H33N3O2/c1-17-11-18(2)23(19(3)12-17)16-25(29)28(33)31-27-9-10-30-26-8-7-21(15-24(26)27)13-20-5-4-6-22(32)14-20/h4-8,11-12,14-15,25,27,30,32H,9-10,13,16,29H2,1-3H3,(H,31,33)/t25-,27+/m0/s1. The van der Waals surface area contributed by atoms with Gasteiger partial charge in [-0.2, -0.15) is 0 Å². The molecule has 0 fully saturated rings. The summed E-state index contributed by atoms with van der Waals surface area (Å²) in [6.07, 6.45) is 2.05. The van der Waals surface area contributed by atoms with Crippen LogP contribution < -0.4 is 16.4 Å². The van der Waals surface area contributed by atoms with Crippen molar-refractivity contribution >= 4 is 11.6 Å². The highest BCUT2D eigenvalue weighted by atomic mass is 16.3. The van der Waals surface area contributed by atoms with Gasteiger partial charge >= 0.3 is 0 Å². The molecule has 1 amide bonds. The molecule has 0 aliphatic carbocycles. The quantitative estimate of drug-likeness (QED) is 0.453. The smallest absolute Gasteiger partial charge is 0.237 e. The summed E-state index contributed by atoms with van der Waals surface area (Å²) < 4.78 is 0. The monoisotopic (exact) mass is 443 g/mol. The minimum atomic E-state index is -0.598. The van der Waals surface area contributed by atoms with Gasteiger partial charge in [0, 0.05) is 12.2 Å². The largest absolute Gasteiger partial charge is 0.508 e. The van der Waals surface area contributed by atoms with Crippen molar-refractivity contribution in [1.82, 2.24) is 5.32 Å². The van der Waals surface area contributed by atoms with Crippen LogP contribution in [0.3, 0.4) is 0 Å². The van der Waals surface area contributed by atoms with Crippen LogP contribution in [0.15, 0.2) is 54.6 Å². The maximum Gasteiger partial charge on any atom is 0.237 e. The zero-order valence-electron chi connectivity index (χ0n) is 19.6. The molecule has 4 rings (SSSR count). The number of carbonyl (C=O) groups is 1. The highest BCUT2D eigenvalue weighted by Crippen LogP contribution is 2.31. The van der Waals surface area contributed by atoms with Crippen molar-refractivity contribution in [3.05, 3.63) is 93.5 Å². The second-order valence-electron chi connectivity index (χ2n) is 9.23. The summed E-state index contributed by atoms with van der Waals surface area (Å²) in [5.74, 6) is 0.149. The number of carbonyl (C=O) groups excluding carboxylic acids is 1. The lowest BCUT2D eigenvalue weighted by atomic mass is 9.92. The normalized spacial score (nSPS) is 15.9. The van der Waals surface area contributed by atoms with E-state index in [1.807, 2.05) is 12.1 Å². The molecule has 1 heterocycles. The van der Waals surface area contributed by atoms with E-state index in [4.69, 9.17) is 5.73 Å². The number of anilines is 1. The molecule has 172 valence electrons. The first kappa shape index (κ1) is 22.9. The molecule has 3 aromatic carbocycles. The molecule has 0 aromatic heterocycles. The highest BCUT2D eigenvalue weighted by Gasteiger charge is 2.25. The fraction of sp³-hybridized carbons (Fsp3) is 0.321. The Labute approximate surface area is 196 Å². The van der Waals surface area contributed by atoms with Gasteiger partial charge in [0.15, 0.2) is 0 Å². The lowest BCUT2D eigenvalue weighted by molar-refractivity contribution is -0.123. The summed E-state index contributed by atoms with van der Waals surface area (Å²) in [6, 6.07) is 17.2. The molecule has 0 saturated heterocycles. The minimum Gasteiger partial charge on any atom is -0.508 e. The van der Waals surface area contributed by atoms with Crippen molar-refractivity contribution in [1.29, 1.82) is 0 Å². The first-order valence-corrected chi connectivity index (χ1v) is 11.6. The van der Waals surface area contributed by atoms with E-state index in [9.17, 15) is 9.90 Å². The Balaban J connectivity index is 1.48. The molecule has 5 nitrogen and oxygen atoms in total. The number of nitrogens with two attached hydrogens (primary N) is 1. The van der Waals surface area contributed by atoms with Gasteiger partial charge in [0.2, 0.25) is 5.91 Å². The van der Waals surface area contributed by atoms with E-state index in [-0.39, 0.29) is 17.7 Å². The molecule has 0 bridgehead atoms. The van der Waals surface area contributed by atoms with Gasteiger partial charge in [-0.05, 0) is 91.6 Å². The second-order valence-corrected chi connectivity index (χ2v) is 9.23. The van der Waals surface area contributed by atoms with Gasteiger partial charge in [-0.15, -0.1) is 0 Å². The van der Waals surface area contributed by atoms with Crippen molar-refractivity contribution in [2.75, 3.05) is 11.9 Å². The first-order valence-electron chi connectivity index (χ1n) is 11.6. The van der Waals surface area contributed by atoms with Crippen molar-refractivity contribution in [3.8, 4) is 5.75 Å². The molecule has 3 aromatic rings. The third-order valence-electron chi connectivity index (χ3n) is 6.48. The van der Waals surface area contributed by atoms with Crippen LogP contribution in [-0.4, -0.2) is 23.6 Å². The van der Waals surface area contributed by atoms with Gasteiger partial charge in [0.25, 0.3) is 0 Å². The Morgan fingerprint density at radius 2 is 1.82 bits per heavy atom. The molecule has 33 heavy (non-hydrogen) atoms. The van der Waals surface area contributed by atoms with Gasteiger partial charge in [-0.25, -0.2) is 0 Å². The Kier molecular flexibility index (Phi) is 6.70. The van der Waals surface area contributed by atoms with Gasteiger partial charge in [-0.3, -0.25) is 4.79 Å². The van der Waals surface area contributed by atoms with E-state index in [0.29, 0.717) is 12.8 Å². The number of amides is 1. The van der Waals surface area contributed by atoms with Crippen LogP contribution in [0.1, 0.15) is 51.4 Å². The number of hydrogen-bond acceptors (Lipinski definition) is 4. The average molecular weight is 444 g/mol. The third-order valence-corrected chi connectivity index (χ3v) is 6.48. The fourth-order valence-corrected chi connectivity index (χ4v) is 4.85. The number of rotatable bonds is 6. The first-order chi connectivity index (χ1) is 15.8. The number of fused-ring (bicyclic) bond motifs is 1. The average Bonchev–Trinajstić information content (AvgIpc) is 2.76. The van der Waals surface area contributed by atoms with Crippen LogP contribution in [0.2, 0.25) is 0 Å². The lowest BCUT2D eigenvalue weighted by Gasteiger charge is -2.29. The molecule has 0 unspecified atom stereocenters. The molecule has 0 saturated carbocycles. The highest BCUT2D eigenvalue weighted by molar-refractivity contribution is 5.82. The van der Waals surface area contributed by atoms with E-state index in [0.717, 1.165) is 40.9 Å². The van der Waals surface area contributed by atoms with Gasteiger partial charge in [0.05, 0.1) is 12.1 Å². The van der Waals surface area contributed by atoms with Crippen LogP contribution in [0.4, 0.5) is 5.69 Å². The lowest BCUT2D eigenvalue weighted by Crippen LogP contribution is -2.44. The SMILES string of the molecule is Cc1cc(C)c(C[C@H](N)C(=O)N[C@@H]2CCNc3ccc(Cc4cccc(O)c4)cc32)c(C)c1. The number of nitrogens with one attached hydrogen (secondary N) is 2. The van der Waals surface area contributed by atoms with E-state index >= 15 is 0 Å². The van der Waals surface area contributed by atoms with Gasteiger partial charge in [0.1, 0.15) is 5.75 Å². The molecule has 0 spiro atoms.